The average molecular weight is 122 g/mol. The fraction of sp³-hybridized carbons (Fsp3) is 0.778. The zero-order chi connectivity index (χ0) is 6.27. The topological polar surface area (TPSA) is 0 Å². The van der Waals surface area contributed by atoms with E-state index in [1.54, 1.807) is 5.57 Å². The summed E-state index contributed by atoms with van der Waals surface area (Å²) in [5, 5.41) is 0. The van der Waals surface area contributed by atoms with Crippen molar-refractivity contribution in [3.63, 3.8) is 0 Å². The minimum Gasteiger partial charge on any atom is -0.0666 e. The third-order valence-corrected chi connectivity index (χ3v) is 2.77. The van der Waals surface area contributed by atoms with E-state index in [0.29, 0.717) is 0 Å². The summed E-state index contributed by atoms with van der Waals surface area (Å²) >= 11 is 0. The Labute approximate surface area is 57.0 Å². The predicted molar refractivity (Wildman–Crippen MR) is 39.3 cm³/mol. The van der Waals surface area contributed by atoms with Gasteiger partial charge in [0.15, 0.2) is 0 Å². The summed E-state index contributed by atoms with van der Waals surface area (Å²) in [6.07, 6.45) is 7.18. The Bertz CT molecular complexity index is 153. The van der Waals surface area contributed by atoms with Gasteiger partial charge in [0.2, 0.25) is 0 Å². The number of hydrogen-bond donors (Lipinski definition) is 0. The summed E-state index contributed by atoms with van der Waals surface area (Å²) in [4.78, 5) is 0. The van der Waals surface area contributed by atoms with Crippen LogP contribution in [0.5, 0.6) is 0 Å². The molecule has 0 spiro atoms. The van der Waals surface area contributed by atoms with Gasteiger partial charge < -0.3 is 0 Å². The van der Waals surface area contributed by atoms with Crippen LogP contribution in [0.2, 0.25) is 0 Å². The maximum absolute atomic E-state index is 2.32. The molecule has 0 aromatic carbocycles. The predicted octanol–water partition coefficient (Wildman–Crippen LogP) is 2.90. The third kappa shape index (κ3) is 0.910. The molecule has 1 atom stereocenters. The molecular formula is C9H14. The molecule has 0 aliphatic heterocycles. The van der Waals surface area contributed by atoms with E-state index in [0.717, 1.165) is 5.92 Å². The van der Waals surface area contributed by atoms with E-state index in [4.69, 9.17) is 0 Å². The summed E-state index contributed by atoms with van der Waals surface area (Å²) in [5.41, 5.74) is 3.62. The largest absolute Gasteiger partial charge is 0.0666 e. The first-order chi connectivity index (χ1) is 4.40. The third-order valence-electron chi connectivity index (χ3n) is 2.77. The molecular weight excluding hydrogens is 108 g/mol. The highest BCUT2D eigenvalue weighted by Gasteiger charge is 2.28. The Morgan fingerprint density at radius 3 is 3.00 bits per heavy atom. The smallest absolute Gasteiger partial charge is 0.0103 e. The molecule has 0 aromatic rings. The maximum Gasteiger partial charge on any atom is -0.0103 e. The van der Waals surface area contributed by atoms with Crippen LogP contribution < -0.4 is 0 Å². The van der Waals surface area contributed by atoms with Gasteiger partial charge in [0.05, 0.1) is 0 Å². The van der Waals surface area contributed by atoms with E-state index < -0.39 is 0 Å². The highest BCUT2D eigenvalue weighted by molar-refractivity contribution is 5.36. The van der Waals surface area contributed by atoms with Crippen LogP contribution in [0.15, 0.2) is 11.1 Å². The lowest BCUT2D eigenvalue weighted by atomic mass is 9.92. The van der Waals surface area contributed by atoms with Crippen LogP contribution in [0.4, 0.5) is 0 Å². The normalized spacial score (nSPS) is 32.3. The van der Waals surface area contributed by atoms with Crippen LogP contribution in [-0.4, -0.2) is 0 Å². The highest BCUT2D eigenvalue weighted by atomic mass is 14.3. The van der Waals surface area contributed by atoms with E-state index in [1.165, 1.54) is 32.1 Å². The van der Waals surface area contributed by atoms with Crippen molar-refractivity contribution in [3.8, 4) is 0 Å². The highest BCUT2D eigenvalue weighted by Crippen LogP contribution is 2.45. The van der Waals surface area contributed by atoms with E-state index in [2.05, 4.69) is 6.92 Å². The van der Waals surface area contributed by atoms with Gasteiger partial charge >= 0.3 is 0 Å². The molecule has 0 fully saturated rings. The molecule has 0 aromatic heterocycles. The Hall–Kier alpha value is -0.260. The van der Waals surface area contributed by atoms with Crippen molar-refractivity contribution in [2.75, 3.05) is 0 Å². The Kier molecular flexibility index (Phi) is 1.14. The van der Waals surface area contributed by atoms with E-state index in [-0.39, 0.29) is 0 Å². The van der Waals surface area contributed by atoms with Crippen molar-refractivity contribution in [3.05, 3.63) is 11.1 Å². The summed E-state index contributed by atoms with van der Waals surface area (Å²) in [6, 6.07) is 0. The SMILES string of the molecule is CCC1CCC2=C(C2)C1. The van der Waals surface area contributed by atoms with Crippen molar-refractivity contribution < 1.29 is 0 Å². The van der Waals surface area contributed by atoms with Crippen LogP contribution in [0.25, 0.3) is 0 Å². The van der Waals surface area contributed by atoms with Gasteiger partial charge in [-0.25, -0.2) is 0 Å². The van der Waals surface area contributed by atoms with E-state index in [1.807, 2.05) is 5.57 Å². The van der Waals surface area contributed by atoms with E-state index in [9.17, 15) is 0 Å². The lowest BCUT2D eigenvalue weighted by molar-refractivity contribution is 0.465. The van der Waals surface area contributed by atoms with Gasteiger partial charge in [-0.15, -0.1) is 0 Å². The lowest BCUT2D eigenvalue weighted by Crippen LogP contribution is -1.99. The fourth-order valence-corrected chi connectivity index (χ4v) is 1.87. The first-order valence-corrected chi connectivity index (χ1v) is 4.10. The van der Waals surface area contributed by atoms with Crippen molar-refractivity contribution in [1.82, 2.24) is 0 Å². The zero-order valence-corrected chi connectivity index (χ0v) is 6.11. The molecule has 0 heterocycles. The zero-order valence-electron chi connectivity index (χ0n) is 6.11. The van der Waals surface area contributed by atoms with Crippen molar-refractivity contribution in [2.24, 2.45) is 5.92 Å². The molecule has 0 radical (unpaired) electrons. The molecule has 0 saturated heterocycles. The Morgan fingerprint density at radius 2 is 2.33 bits per heavy atom. The fourth-order valence-electron chi connectivity index (χ4n) is 1.87. The van der Waals surface area contributed by atoms with Crippen molar-refractivity contribution in [1.29, 1.82) is 0 Å². The van der Waals surface area contributed by atoms with Gasteiger partial charge in [0.1, 0.15) is 0 Å². The van der Waals surface area contributed by atoms with Gasteiger partial charge in [-0.2, -0.15) is 0 Å². The maximum atomic E-state index is 2.32. The summed E-state index contributed by atoms with van der Waals surface area (Å²) in [7, 11) is 0. The minimum absolute atomic E-state index is 1.05. The molecule has 0 N–H and O–H groups in total. The summed E-state index contributed by atoms with van der Waals surface area (Å²) in [5.74, 6) is 1.05. The van der Waals surface area contributed by atoms with Crippen LogP contribution in [-0.2, 0) is 0 Å². The van der Waals surface area contributed by atoms with Gasteiger partial charge in [-0.3, -0.25) is 0 Å². The molecule has 9 heavy (non-hydrogen) atoms. The molecule has 0 saturated carbocycles. The van der Waals surface area contributed by atoms with Gasteiger partial charge in [0, 0.05) is 0 Å². The quantitative estimate of drug-likeness (QED) is 0.469. The molecule has 2 aliphatic rings. The number of rotatable bonds is 1. The first-order valence-electron chi connectivity index (χ1n) is 4.10. The van der Waals surface area contributed by atoms with Crippen molar-refractivity contribution in [2.45, 2.75) is 39.0 Å². The molecule has 0 amide bonds. The second-order valence-electron chi connectivity index (χ2n) is 3.40. The molecule has 1 unspecified atom stereocenters. The average Bonchev–Trinajstić information content (AvgIpc) is 2.64. The Balaban J connectivity index is 1.98. The van der Waals surface area contributed by atoms with Crippen LogP contribution >= 0.6 is 0 Å². The molecule has 0 nitrogen and oxygen atoms in total. The van der Waals surface area contributed by atoms with Gasteiger partial charge in [-0.1, -0.05) is 24.5 Å². The van der Waals surface area contributed by atoms with Crippen molar-refractivity contribution >= 4 is 0 Å². The second kappa shape index (κ2) is 1.86. The van der Waals surface area contributed by atoms with Gasteiger partial charge in [-0.05, 0) is 31.6 Å². The minimum atomic E-state index is 1.05. The molecule has 2 rings (SSSR count). The molecule has 0 bridgehead atoms. The Morgan fingerprint density at radius 1 is 1.44 bits per heavy atom. The standard InChI is InChI=1S/C9H14/c1-2-7-3-4-8-6-9(8)5-7/h7H,2-6H2,1H3. The van der Waals surface area contributed by atoms with Gasteiger partial charge in [0.25, 0.3) is 0 Å². The second-order valence-corrected chi connectivity index (χ2v) is 3.40. The van der Waals surface area contributed by atoms with Crippen LogP contribution in [0.1, 0.15) is 39.0 Å². The molecule has 50 valence electrons. The van der Waals surface area contributed by atoms with Crippen LogP contribution in [0.3, 0.4) is 0 Å². The lowest BCUT2D eigenvalue weighted by Gasteiger charge is -2.13. The number of hydrogen-bond acceptors (Lipinski definition) is 0. The summed E-state index contributed by atoms with van der Waals surface area (Å²) in [6.45, 7) is 2.32. The monoisotopic (exact) mass is 122 g/mol. The first kappa shape index (κ1) is 5.52. The van der Waals surface area contributed by atoms with Crippen LogP contribution in [0, 0.1) is 5.92 Å². The van der Waals surface area contributed by atoms with E-state index >= 15 is 0 Å². The number of allylic oxidation sites excluding steroid dienone is 2. The molecule has 0 heteroatoms. The molecule has 2 aliphatic carbocycles. The summed E-state index contributed by atoms with van der Waals surface area (Å²) < 4.78 is 0.